The molecular formula is C18H21Cl2NO4. The van der Waals surface area contributed by atoms with E-state index < -0.39 is 6.10 Å². The zero-order valence-electron chi connectivity index (χ0n) is 13.6. The number of rotatable bonds is 7. The normalized spacial score (nSPS) is 16.6. The van der Waals surface area contributed by atoms with Gasteiger partial charge in [-0.3, -0.25) is 0 Å². The molecule has 1 aliphatic heterocycles. The zero-order chi connectivity index (χ0) is 16.8. The number of halogens is 2. The van der Waals surface area contributed by atoms with E-state index in [1.807, 2.05) is 36.4 Å². The van der Waals surface area contributed by atoms with Gasteiger partial charge in [-0.15, -0.1) is 12.4 Å². The van der Waals surface area contributed by atoms with Crippen LogP contribution >= 0.6 is 24.0 Å². The molecule has 7 heteroatoms. The van der Waals surface area contributed by atoms with Crippen molar-refractivity contribution in [3.63, 3.8) is 0 Å². The lowest BCUT2D eigenvalue weighted by Crippen LogP contribution is -2.41. The van der Waals surface area contributed by atoms with Crippen LogP contribution < -0.4 is 19.5 Å². The highest BCUT2D eigenvalue weighted by molar-refractivity contribution is 6.32. The molecule has 25 heavy (non-hydrogen) atoms. The van der Waals surface area contributed by atoms with Gasteiger partial charge in [0.15, 0.2) is 11.5 Å². The molecule has 0 radical (unpaired) electrons. The Morgan fingerprint density at radius 2 is 1.88 bits per heavy atom. The molecule has 2 unspecified atom stereocenters. The van der Waals surface area contributed by atoms with Gasteiger partial charge in [-0.25, -0.2) is 0 Å². The van der Waals surface area contributed by atoms with Crippen LogP contribution in [0.15, 0.2) is 48.5 Å². The van der Waals surface area contributed by atoms with E-state index in [2.05, 4.69) is 5.32 Å². The third-order valence-electron chi connectivity index (χ3n) is 3.59. The molecule has 1 aliphatic rings. The van der Waals surface area contributed by atoms with Gasteiger partial charge in [0, 0.05) is 13.1 Å². The fraction of sp³-hybridized carbons (Fsp3) is 0.333. The van der Waals surface area contributed by atoms with Gasteiger partial charge in [-0.05, 0) is 24.3 Å². The number of hydrogen-bond donors (Lipinski definition) is 2. The maximum Gasteiger partial charge on any atom is 0.161 e. The number of hydrogen-bond acceptors (Lipinski definition) is 5. The van der Waals surface area contributed by atoms with Crippen LogP contribution in [0, 0.1) is 0 Å². The number of ether oxygens (including phenoxy) is 3. The first kappa shape index (κ1) is 19.7. The predicted octanol–water partition coefficient (Wildman–Crippen LogP) is 2.93. The van der Waals surface area contributed by atoms with Crippen LogP contribution in [0.5, 0.6) is 17.2 Å². The highest BCUT2D eigenvalue weighted by atomic mass is 35.5. The van der Waals surface area contributed by atoms with E-state index in [9.17, 15) is 5.11 Å². The van der Waals surface area contributed by atoms with Crippen LogP contribution in [0.2, 0.25) is 5.02 Å². The highest BCUT2D eigenvalue weighted by Crippen LogP contribution is 2.30. The van der Waals surface area contributed by atoms with Crippen molar-refractivity contribution in [2.75, 3.05) is 26.3 Å². The number of benzene rings is 2. The van der Waals surface area contributed by atoms with Crippen molar-refractivity contribution in [1.29, 1.82) is 0 Å². The second-order valence-electron chi connectivity index (χ2n) is 5.55. The molecule has 0 saturated carbocycles. The fourth-order valence-corrected chi connectivity index (χ4v) is 2.57. The summed E-state index contributed by atoms with van der Waals surface area (Å²) >= 11 is 6.00. The Balaban J connectivity index is 0.00000225. The van der Waals surface area contributed by atoms with Crippen molar-refractivity contribution >= 4 is 24.0 Å². The van der Waals surface area contributed by atoms with Gasteiger partial charge in [0.25, 0.3) is 0 Å². The minimum absolute atomic E-state index is 0. The van der Waals surface area contributed by atoms with Crippen LogP contribution in [0.4, 0.5) is 0 Å². The van der Waals surface area contributed by atoms with Crippen LogP contribution in [0.25, 0.3) is 0 Å². The predicted molar refractivity (Wildman–Crippen MR) is 99.4 cm³/mol. The molecule has 0 aromatic heterocycles. The Hall–Kier alpha value is -1.66. The Labute approximate surface area is 158 Å². The first-order valence-corrected chi connectivity index (χ1v) is 8.25. The average molecular weight is 386 g/mol. The molecule has 0 spiro atoms. The van der Waals surface area contributed by atoms with Crippen LogP contribution in [0.1, 0.15) is 0 Å². The van der Waals surface area contributed by atoms with Crippen LogP contribution in [0.3, 0.4) is 0 Å². The SMILES string of the molecule is Cl.OC(CNCC1COc2ccccc2O1)COc1ccccc1Cl. The molecule has 0 amide bonds. The smallest absolute Gasteiger partial charge is 0.161 e. The first-order chi connectivity index (χ1) is 11.7. The maximum atomic E-state index is 9.99. The Bertz CT molecular complexity index is 671. The summed E-state index contributed by atoms with van der Waals surface area (Å²) in [5.74, 6) is 2.08. The summed E-state index contributed by atoms with van der Waals surface area (Å²) in [6.45, 7) is 1.63. The zero-order valence-corrected chi connectivity index (χ0v) is 15.1. The molecule has 136 valence electrons. The summed E-state index contributed by atoms with van der Waals surface area (Å²) in [5.41, 5.74) is 0. The molecule has 0 bridgehead atoms. The van der Waals surface area contributed by atoms with Crippen LogP contribution in [-0.2, 0) is 0 Å². The number of fused-ring (bicyclic) bond motifs is 1. The third kappa shape index (κ3) is 5.68. The molecule has 2 N–H and O–H groups in total. The summed E-state index contributed by atoms with van der Waals surface area (Å²) < 4.78 is 17.0. The Morgan fingerprint density at radius 1 is 1.16 bits per heavy atom. The molecule has 2 aromatic carbocycles. The molecule has 2 aromatic rings. The van der Waals surface area contributed by atoms with E-state index in [4.69, 9.17) is 25.8 Å². The van der Waals surface area contributed by atoms with Gasteiger partial charge in [0.1, 0.15) is 31.2 Å². The largest absolute Gasteiger partial charge is 0.489 e. The topological polar surface area (TPSA) is 60.0 Å². The molecule has 3 rings (SSSR count). The lowest BCUT2D eigenvalue weighted by molar-refractivity contribution is 0.0778. The number of para-hydroxylation sites is 3. The third-order valence-corrected chi connectivity index (χ3v) is 3.90. The van der Waals surface area contributed by atoms with Gasteiger partial charge < -0.3 is 24.6 Å². The minimum Gasteiger partial charge on any atom is -0.489 e. The van der Waals surface area contributed by atoms with Crippen molar-refractivity contribution in [2.24, 2.45) is 0 Å². The summed E-state index contributed by atoms with van der Waals surface area (Å²) in [6, 6.07) is 14.8. The first-order valence-electron chi connectivity index (χ1n) is 7.87. The monoisotopic (exact) mass is 385 g/mol. The molecular weight excluding hydrogens is 365 g/mol. The van der Waals surface area contributed by atoms with Crippen molar-refractivity contribution < 1.29 is 19.3 Å². The van der Waals surface area contributed by atoms with E-state index in [-0.39, 0.29) is 25.1 Å². The quantitative estimate of drug-likeness (QED) is 0.767. The Morgan fingerprint density at radius 3 is 2.68 bits per heavy atom. The molecule has 2 atom stereocenters. The second-order valence-corrected chi connectivity index (χ2v) is 5.96. The van der Waals surface area contributed by atoms with E-state index in [1.54, 1.807) is 12.1 Å². The van der Waals surface area contributed by atoms with Gasteiger partial charge in [-0.2, -0.15) is 0 Å². The van der Waals surface area contributed by atoms with E-state index in [0.29, 0.717) is 30.5 Å². The number of aliphatic hydroxyl groups is 1. The van der Waals surface area contributed by atoms with Crippen molar-refractivity contribution in [1.82, 2.24) is 5.32 Å². The molecule has 5 nitrogen and oxygen atoms in total. The molecule has 0 saturated heterocycles. The van der Waals surface area contributed by atoms with E-state index in [1.165, 1.54) is 0 Å². The lowest BCUT2D eigenvalue weighted by atomic mass is 10.2. The molecule has 1 heterocycles. The average Bonchev–Trinajstić information content (AvgIpc) is 2.61. The van der Waals surface area contributed by atoms with Crippen molar-refractivity contribution in [2.45, 2.75) is 12.2 Å². The summed E-state index contributed by atoms with van der Waals surface area (Å²) in [7, 11) is 0. The van der Waals surface area contributed by atoms with Gasteiger partial charge in [0.05, 0.1) is 5.02 Å². The van der Waals surface area contributed by atoms with Crippen LogP contribution in [-0.4, -0.2) is 43.6 Å². The Kier molecular flexibility index (Phi) is 7.65. The van der Waals surface area contributed by atoms with E-state index >= 15 is 0 Å². The highest BCUT2D eigenvalue weighted by Gasteiger charge is 2.20. The second kappa shape index (κ2) is 9.73. The summed E-state index contributed by atoms with van der Waals surface area (Å²) in [5, 5.41) is 13.7. The van der Waals surface area contributed by atoms with Crippen molar-refractivity contribution in [3.8, 4) is 17.2 Å². The van der Waals surface area contributed by atoms with E-state index in [0.717, 1.165) is 11.5 Å². The summed E-state index contributed by atoms with van der Waals surface area (Å²) in [4.78, 5) is 0. The lowest BCUT2D eigenvalue weighted by Gasteiger charge is -2.27. The summed E-state index contributed by atoms with van der Waals surface area (Å²) in [6.07, 6.45) is -0.727. The number of nitrogens with one attached hydrogen (secondary N) is 1. The number of aliphatic hydroxyl groups excluding tert-OH is 1. The molecule has 0 fully saturated rings. The van der Waals surface area contributed by atoms with Gasteiger partial charge >= 0.3 is 0 Å². The maximum absolute atomic E-state index is 9.99. The fourth-order valence-electron chi connectivity index (χ4n) is 2.38. The standard InChI is InChI=1S/C18H20ClNO4.ClH/c19-15-5-1-2-6-16(15)22-11-13(21)9-20-10-14-12-23-17-7-3-4-8-18(17)24-14;/h1-8,13-14,20-21H,9-12H2;1H. The van der Waals surface area contributed by atoms with Gasteiger partial charge in [-0.1, -0.05) is 35.9 Å². The van der Waals surface area contributed by atoms with Crippen molar-refractivity contribution in [3.05, 3.63) is 53.6 Å². The van der Waals surface area contributed by atoms with Gasteiger partial charge in [0.2, 0.25) is 0 Å². The minimum atomic E-state index is -0.641. The molecule has 0 aliphatic carbocycles.